The van der Waals surface area contributed by atoms with E-state index in [-0.39, 0.29) is 5.91 Å². The van der Waals surface area contributed by atoms with Crippen molar-refractivity contribution in [3.63, 3.8) is 0 Å². The molecular formula is C11H14N2O. The van der Waals surface area contributed by atoms with Gasteiger partial charge in [0.15, 0.2) is 0 Å². The maximum absolute atomic E-state index is 11.5. The first-order valence-electron chi connectivity index (χ1n) is 4.86. The van der Waals surface area contributed by atoms with E-state index in [9.17, 15) is 4.79 Å². The molecule has 0 atom stereocenters. The second kappa shape index (κ2) is 3.80. The highest BCUT2D eigenvalue weighted by atomic mass is 16.1. The van der Waals surface area contributed by atoms with Gasteiger partial charge in [-0.25, -0.2) is 0 Å². The molecule has 0 unspecified atom stereocenters. The van der Waals surface area contributed by atoms with Crippen LogP contribution in [0.3, 0.4) is 0 Å². The number of likely N-dealkylation sites (N-methyl/N-ethyl adjacent to an activating group) is 1. The Morgan fingerprint density at radius 1 is 1.50 bits per heavy atom. The quantitative estimate of drug-likeness (QED) is 0.736. The molecule has 3 heteroatoms. The first-order valence-corrected chi connectivity index (χ1v) is 4.86. The Morgan fingerprint density at radius 3 is 3.14 bits per heavy atom. The lowest BCUT2D eigenvalue weighted by molar-refractivity contribution is 0.0965. The molecule has 0 fully saturated rings. The molecule has 0 radical (unpaired) electrons. The highest BCUT2D eigenvalue weighted by Crippen LogP contribution is 2.19. The van der Waals surface area contributed by atoms with E-state index in [1.54, 1.807) is 0 Å². The highest BCUT2D eigenvalue weighted by Gasteiger charge is 2.21. The van der Waals surface area contributed by atoms with E-state index in [0.29, 0.717) is 6.54 Å². The number of fused-ring (bicyclic) bond motifs is 1. The second-order valence-electron chi connectivity index (χ2n) is 3.49. The van der Waals surface area contributed by atoms with Gasteiger partial charge in [0.05, 0.1) is 0 Å². The largest absolute Gasteiger partial charge is 0.348 e. The Balaban J connectivity index is 2.32. The molecule has 1 amide bonds. The van der Waals surface area contributed by atoms with Crippen molar-refractivity contribution in [3.8, 4) is 0 Å². The summed E-state index contributed by atoms with van der Waals surface area (Å²) in [7, 11) is 1.92. The van der Waals surface area contributed by atoms with Crippen molar-refractivity contribution in [3.05, 3.63) is 34.9 Å². The molecule has 3 nitrogen and oxygen atoms in total. The maximum Gasteiger partial charge on any atom is 0.252 e. The van der Waals surface area contributed by atoms with Crippen LogP contribution < -0.4 is 10.6 Å². The van der Waals surface area contributed by atoms with Crippen LogP contribution >= 0.6 is 0 Å². The molecule has 1 aromatic carbocycles. The molecule has 2 rings (SSSR count). The van der Waals surface area contributed by atoms with E-state index in [1.807, 2.05) is 25.2 Å². The molecule has 0 saturated heterocycles. The summed E-state index contributed by atoms with van der Waals surface area (Å²) in [5, 5.41) is 5.93. The minimum absolute atomic E-state index is 0.0757. The van der Waals surface area contributed by atoms with Crippen LogP contribution in [0, 0.1) is 0 Å². The molecule has 0 bridgehead atoms. The number of amides is 1. The molecule has 0 aliphatic carbocycles. The number of benzene rings is 1. The average Bonchev–Trinajstić information content (AvgIpc) is 2.58. The average molecular weight is 190 g/mol. The minimum Gasteiger partial charge on any atom is -0.348 e. The zero-order valence-corrected chi connectivity index (χ0v) is 8.26. The molecule has 74 valence electrons. The fourth-order valence-electron chi connectivity index (χ4n) is 1.82. The van der Waals surface area contributed by atoms with Gasteiger partial charge in [-0.2, -0.15) is 0 Å². The van der Waals surface area contributed by atoms with Gasteiger partial charge in [-0.15, -0.1) is 0 Å². The third kappa shape index (κ3) is 1.51. The molecule has 1 aliphatic rings. The van der Waals surface area contributed by atoms with Gasteiger partial charge >= 0.3 is 0 Å². The van der Waals surface area contributed by atoms with Crippen molar-refractivity contribution in [1.82, 2.24) is 10.6 Å². The lowest BCUT2D eigenvalue weighted by Crippen LogP contribution is -2.16. The van der Waals surface area contributed by atoms with Crippen LogP contribution in [0.2, 0.25) is 0 Å². The van der Waals surface area contributed by atoms with Crippen LogP contribution in [0.25, 0.3) is 0 Å². The summed E-state index contributed by atoms with van der Waals surface area (Å²) in [5.74, 6) is 0.0757. The van der Waals surface area contributed by atoms with E-state index in [2.05, 4.69) is 10.6 Å². The van der Waals surface area contributed by atoms with Crippen molar-refractivity contribution in [2.45, 2.75) is 13.0 Å². The Labute approximate surface area is 83.5 Å². The standard InChI is InChI=1S/C11H14N2O/c1-12-6-5-8-3-2-4-9-7-13-11(14)10(8)9/h2-4,12H,5-7H2,1H3,(H,13,14). The van der Waals surface area contributed by atoms with Gasteiger partial charge in [0.1, 0.15) is 0 Å². The topological polar surface area (TPSA) is 41.1 Å². The number of rotatable bonds is 3. The summed E-state index contributed by atoms with van der Waals surface area (Å²) < 4.78 is 0. The SMILES string of the molecule is CNCCc1cccc2c1C(=O)NC2. The van der Waals surface area contributed by atoms with Gasteiger partial charge in [-0.05, 0) is 31.1 Å². The molecule has 0 spiro atoms. The molecule has 0 aromatic heterocycles. The number of carbonyl (C=O) groups excluding carboxylic acids is 1. The van der Waals surface area contributed by atoms with Crippen LogP contribution in [0.5, 0.6) is 0 Å². The van der Waals surface area contributed by atoms with E-state index in [0.717, 1.165) is 29.7 Å². The summed E-state index contributed by atoms with van der Waals surface area (Å²) in [6, 6.07) is 6.06. The van der Waals surface area contributed by atoms with Crippen LogP contribution in [0.1, 0.15) is 21.5 Å². The van der Waals surface area contributed by atoms with E-state index in [4.69, 9.17) is 0 Å². The van der Waals surface area contributed by atoms with Crippen molar-refractivity contribution in [1.29, 1.82) is 0 Å². The summed E-state index contributed by atoms with van der Waals surface area (Å²) in [6.45, 7) is 1.59. The fraction of sp³-hybridized carbons (Fsp3) is 0.364. The molecule has 0 saturated carbocycles. The van der Waals surface area contributed by atoms with Gasteiger partial charge in [-0.3, -0.25) is 4.79 Å². The first-order chi connectivity index (χ1) is 6.83. The minimum atomic E-state index is 0.0757. The van der Waals surface area contributed by atoms with Crippen molar-refractivity contribution < 1.29 is 4.79 Å². The van der Waals surface area contributed by atoms with E-state index >= 15 is 0 Å². The smallest absolute Gasteiger partial charge is 0.252 e. The van der Waals surface area contributed by atoms with Crippen LogP contribution in [0.15, 0.2) is 18.2 Å². The van der Waals surface area contributed by atoms with Gasteiger partial charge in [-0.1, -0.05) is 18.2 Å². The lowest BCUT2D eigenvalue weighted by atomic mass is 10.0. The maximum atomic E-state index is 11.5. The Hall–Kier alpha value is -1.35. The molecule has 1 aliphatic heterocycles. The fourth-order valence-corrected chi connectivity index (χ4v) is 1.82. The van der Waals surface area contributed by atoms with Gasteiger partial charge in [0.2, 0.25) is 0 Å². The first kappa shape index (κ1) is 9.21. The van der Waals surface area contributed by atoms with Gasteiger partial charge in [0.25, 0.3) is 5.91 Å². The molecule has 1 aromatic rings. The number of hydrogen-bond donors (Lipinski definition) is 2. The van der Waals surface area contributed by atoms with Gasteiger partial charge in [0, 0.05) is 12.1 Å². The predicted octanol–water partition coefficient (Wildman–Crippen LogP) is 0.692. The molecule has 14 heavy (non-hydrogen) atoms. The predicted molar refractivity (Wildman–Crippen MR) is 55.2 cm³/mol. The summed E-state index contributed by atoms with van der Waals surface area (Å²) in [6.07, 6.45) is 0.910. The summed E-state index contributed by atoms with van der Waals surface area (Å²) in [5.41, 5.74) is 3.17. The van der Waals surface area contributed by atoms with Crippen LogP contribution in [0.4, 0.5) is 0 Å². The molecule has 1 heterocycles. The van der Waals surface area contributed by atoms with Crippen LogP contribution in [-0.4, -0.2) is 19.5 Å². The monoisotopic (exact) mass is 190 g/mol. The molecule has 2 N–H and O–H groups in total. The number of carbonyl (C=O) groups is 1. The van der Waals surface area contributed by atoms with Gasteiger partial charge < -0.3 is 10.6 Å². The molecular weight excluding hydrogens is 176 g/mol. The third-order valence-corrected chi connectivity index (χ3v) is 2.55. The number of nitrogens with one attached hydrogen (secondary N) is 2. The highest BCUT2D eigenvalue weighted by molar-refractivity contribution is 5.99. The third-order valence-electron chi connectivity index (χ3n) is 2.55. The van der Waals surface area contributed by atoms with Crippen molar-refractivity contribution in [2.24, 2.45) is 0 Å². The normalized spacial score (nSPS) is 13.9. The van der Waals surface area contributed by atoms with Crippen molar-refractivity contribution in [2.75, 3.05) is 13.6 Å². The second-order valence-corrected chi connectivity index (χ2v) is 3.49. The van der Waals surface area contributed by atoms with Crippen LogP contribution in [-0.2, 0) is 13.0 Å². The summed E-state index contributed by atoms with van der Waals surface area (Å²) in [4.78, 5) is 11.5. The zero-order chi connectivity index (χ0) is 9.97. The van der Waals surface area contributed by atoms with E-state index < -0.39 is 0 Å². The Morgan fingerprint density at radius 2 is 2.36 bits per heavy atom. The van der Waals surface area contributed by atoms with Crippen molar-refractivity contribution >= 4 is 5.91 Å². The van der Waals surface area contributed by atoms with E-state index in [1.165, 1.54) is 0 Å². The lowest BCUT2D eigenvalue weighted by Gasteiger charge is -2.05. The number of hydrogen-bond acceptors (Lipinski definition) is 2. The Bertz CT molecular complexity index is 360. The Kier molecular flexibility index (Phi) is 2.50. The zero-order valence-electron chi connectivity index (χ0n) is 8.26. The summed E-state index contributed by atoms with van der Waals surface area (Å²) >= 11 is 0.